The van der Waals surface area contributed by atoms with Crippen LogP contribution in [0.25, 0.3) is 5.57 Å². The standard InChI is InChI=1S/C22H31BO4/c1-17(12-10-11-15-20(24)25-6)19(18-13-8-7-9-14-18)16-23-26-21(2,3)22(4,5)27-23/h7-9,13-14,16H,1,10-12,15H2,2-6H3/b19-16+. The molecule has 1 aliphatic rings. The van der Waals surface area contributed by atoms with Gasteiger partial charge in [-0.25, -0.2) is 0 Å². The zero-order chi connectivity index (χ0) is 20.1. The Balaban J connectivity index is 2.13. The molecule has 0 atom stereocenters. The lowest BCUT2D eigenvalue weighted by Gasteiger charge is -2.32. The monoisotopic (exact) mass is 370 g/mol. The molecule has 5 heteroatoms. The van der Waals surface area contributed by atoms with Gasteiger partial charge in [0.25, 0.3) is 0 Å². The summed E-state index contributed by atoms with van der Waals surface area (Å²) in [6, 6.07) is 10.2. The van der Waals surface area contributed by atoms with Crippen LogP contribution in [0.4, 0.5) is 0 Å². The van der Waals surface area contributed by atoms with Crippen LogP contribution in [0.15, 0.2) is 48.5 Å². The molecule has 0 aromatic heterocycles. The minimum Gasteiger partial charge on any atom is -0.469 e. The number of methoxy groups -OCH3 is 1. The molecule has 1 aliphatic heterocycles. The van der Waals surface area contributed by atoms with Crippen LogP contribution in [0.2, 0.25) is 0 Å². The number of carbonyl (C=O) groups excluding carboxylic acids is 1. The third-order valence-electron chi connectivity index (χ3n) is 5.38. The van der Waals surface area contributed by atoms with Crippen molar-refractivity contribution in [3.63, 3.8) is 0 Å². The topological polar surface area (TPSA) is 44.8 Å². The number of unbranched alkanes of at least 4 members (excludes halogenated alkanes) is 1. The third-order valence-corrected chi connectivity index (χ3v) is 5.38. The Morgan fingerprint density at radius 3 is 2.19 bits per heavy atom. The summed E-state index contributed by atoms with van der Waals surface area (Å²) in [7, 11) is 0.999. The van der Waals surface area contributed by atoms with Crippen LogP contribution < -0.4 is 0 Å². The Morgan fingerprint density at radius 1 is 1.07 bits per heavy atom. The summed E-state index contributed by atoms with van der Waals surface area (Å²) in [6.45, 7) is 12.5. The van der Waals surface area contributed by atoms with Crippen LogP contribution >= 0.6 is 0 Å². The van der Waals surface area contributed by atoms with Gasteiger partial charge >= 0.3 is 13.1 Å². The second kappa shape index (κ2) is 8.90. The fourth-order valence-corrected chi connectivity index (χ4v) is 2.97. The van der Waals surface area contributed by atoms with Crippen molar-refractivity contribution in [1.82, 2.24) is 0 Å². The summed E-state index contributed by atoms with van der Waals surface area (Å²) in [4.78, 5) is 11.3. The molecule has 2 rings (SSSR count). The first-order valence-electron chi connectivity index (χ1n) is 9.54. The Labute approximate surface area is 163 Å². The van der Waals surface area contributed by atoms with Crippen molar-refractivity contribution in [3.05, 3.63) is 54.0 Å². The van der Waals surface area contributed by atoms with Crippen molar-refractivity contribution >= 4 is 18.7 Å². The maximum atomic E-state index is 11.3. The van der Waals surface area contributed by atoms with Crippen LogP contribution in [0.1, 0.15) is 58.9 Å². The molecular formula is C22H31BO4. The quantitative estimate of drug-likeness (QED) is 0.280. The third kappa shape index (κ3) is 5.57. The fourth-order valence-electron chi connectivity index (χ4n) is 2.97. The number of carbonyl (C=O) groups is 1. The number of hydrogen-bond acceptors (Lipinski definition) is 4. The van der Waals surface area contributed by atoms with E-state index in [0.717, 1.165) is 36.0 Å². The molecule has 0 radical (unpaired) electrons. The molecule has 0 unspecified atom stereocenters. The van der Waals surface area contributed by atoms with Crippen molar-refractivity contribution < 1.29 is 18.8 Å². The van der Waals surface area contributed by atoms with E-state index in [1.807, 2.05) is 51.9 Å². The highest BCUT2D eigenvalue weighted by Crippen LogP contribution is 2.38. The molecule has 146 valence electrons. The minimum absolute atomic E-state index is 0.170. The van der Waals surface area contributed by atoms with Gasteiger partial charge < -0.3 is 14.0 Å². The van der Waals surface area contributed by atoms with Gasteiger partial charge in [-0.3, -0.25) is 4.79 Å². The molecule has 4 nitrogen and oxygen atoms in total. The molecule has 0 bridgehead atoms. The van der Waals surface area contributed by atoms with Gasteiger partial charge in [0, 0.05) is 6.42 Å². The summed E-state index contributed by atoms with van der Waals surface area (Å²) in [6.07, 6.45) is 2.90. The average molecular weight is 370 g/mol. The summed E-state index contributed by atoms with van der Waals surface area (Å²) in [5.41, 5.74) is 2.38. The van der Waals surface area contributed by atoms with E-state index in [9.17, 15) is 4.79 Å². The van der Waals surface area contributed by atoms with Gasteiger partial charge in [-0.15, -0.1) is 0 Å². The lowest BCUT2D eigenvalue weighted by molar-refractivity contribution is -0.140. The number of allylic oxidation sites excluding steroid dienone is 2. The Hall–Kier alpha value is -1.85. The Kier molecular flexibility index (Phi) is 7.07. The number of ether oxygens (including phenoxy) is 1. The fraction of sp³-hybridized carbons (Fsp3) is 0.500. The van der Waals surface area contributed by atoms with Gasteiger partial charge in [-0.05, 0) is 69.6 Å². The van der Waals surface area contributed by atoms with E-state index in [2.05, 4.69) is 18.7 Å². The molecule has 1 saturated heterocycles. The summed E-state index contributed by atoms with van der Waals surface area (Å²) >= 11 is 0. The van der Waals surface area contributed by atoms with Gasteiger partial charge in [0.05, 0.1) is 18.3 Å². The number of esters is 1. The molecule has 0 aliphatic carbocycles. The van der Waals surface area contributed by atoms with Crippen LogP contribution in [-0.2, 0) is 18.8 Å². The van der Waals surface area contributed by atoms with Crippen molar-refractivity contribution in [2.75, 3.05) is 7.11 Å². The van der Waals surface area contributed by atoms with Crippen molar-refractivity contribution in [2.24, 2.45) is 0 Å². The molecule has 27 heavy (non-hydrogen) atoms. The van der Waals surface area contributed by atoms with Crippen molar-refractivity contribution in [1.29, 1.82) is 0 Å². The molecule has 1 aromatic rings. The molecule has 0 spiro atoms. The van der Waals surface area contributed by atoms with Gasteiger partial charge in [0.2, 0.25) is 0 Å². The first kappa shape index (κ1) is 21.5. The summed E-state index contributed by atoms with van der Waals surface area (Å²) < 4.78 is 17.0. The van der Waals surface area contributed by atoms with Gasteiger partial charge in [-0.1, -0.05) is 36.9 Å². The summed E-state index contributed by atoms with van der Waals surface area (Å²) in [5.74, 6) is 1.85. The predicted octanol–water partition coefficient (Wildman–Crippen LogP) is 4.99. The molecule has 1 fully saturated rings. The van der Waals surface area contributed by atoms with Crippen LogP contribution in [0.5, 0.6) is 0 Å². The van der Waals surface area contributed by atoms with E-state index in [4.69, 9.17) is 14.0 Å². The molecule has 0 N–H and O–H groups in total. The SMILES string of the molecule is C=C(CCCCC(=O)OC)/C(=C\B1OC(C)(C)C(C)(C)O1)c1ccccc1. The second-order valence-corrected chi connectivity index (χ2v) is 7.96. The van der Waals surface area contributed by atoms with E-state index in [1.165, 1.54) is 7.11 Å². The van der Waals surface area contributed by atoms with E-state index in [-0.39, 0.29) is 17.2 Å². The number of hydrogen-bond donors (Lipinski definition) is 0. The van der Waals surface area contributed by atoms with Gasteiger partial charge in [-0.2, -0.15) is 0 Å². The molecular weight excluding hydrogens is 339 g/mol. The highest BCUT2D eigenvalue weighted by molar-refractivity contribution is 6.53. The average Bonchev–Trinajstić information content (AvgIpc) is 2.83. The van der Waals surface area contributed by atoms with Crippen LogP contribution in [0.3, 0.4) is 0 Å². The molecule has 0 saturated carbocycles. The van der Waals surface area contributed by atoms with Crippen molar-refractivity contribution in [2.45, 2.75) is 64.6 Å². The van der Waals surface area contributed by atoms with E-state index in [0.29, 0.717) is 6.42 Å². The maximum absolute atomic E-state index is 11.3. The normalized spacial score (nSPS) is 18.4. The first-order chi connectivity index (χ1) is 12.7. The highest BCUT2D eigenvalue weighted by atomic mass is 16.7. The Bertz CT molecular complexity index is 676. The van der Waals surface area contributed by atoms with Crippen LogP contribution in [-0.4, -0.2) is 31.4 Å². The molecule has 1 aromatic carbocycles. The van der Waals surface area contributed by atoms with Gasteiger partial charge in [0.1, 0.15) is 0 Å². The highest BCUT2D eigenvalue weighted by Gasteiger charge is 2.50. The van der Waals surface area contributed by atoms with Gasteiger partial charge in [0.15, 0.2) is 0 Å². The zero-order valence-corrected chi connectivity index (χ0v) is 17.2. The number of rotatable bonds is 8. The zero-order valence-electron chi connectivity index (χ0n) is 17.2. The van der Waals surface area contributed by atoms with Crippen molar-refractivity contribution in [3.8, 4) is 0 Å². The smallest absolute Gasteiger partial charge is 0.469 e. The second-order valence-electron chi connectivity index (χ2n) is 7.96. The predicted molar refractivity (Wildman–Crippen MR) is 110 cm³/mol. The maximum Gasteiger partial charge on any atom is 0.487 e. The first-order valence-corrected chi connectivity index (χ1v) is 9.54. The minimum atomic E-state index is -0.419. The van der Waals surface area contributed by atoms with E-state index < -0.39 is 7.12 Å². The summed E-state index contributed by atoms with van der Waals surface area (Å²) in [5, 5.41) is 0. The lowest BCUT2D eigenvalue weighted by atomic mass is 9.81. The largest absolute Gasteiger partial charge is 0.487 e. The Morgan fingerprint density at radius 2 is 1.63 bits per heavy atom. The number of benzene rings is 1. The molecule has 0 amide bonds. The van der Waals surface area contributed by atoms with E-state index >= 15 is 0 Å². The lowest BCUT2D eigenvalue weighted by Crippen LogP contribution is -2.41. The van der Waals surface area contributed by atoms with Crippen LogP contribution in [0, 0.1) is 0 Å². The molecule has 1 heterocycles. The van der Waals surface area contributed by atoms with E-state index in [1.54, 1.807) is 0 Å².